The molecule has 0 aliphatic carbocycles. The van der Waals surface area contributed by atoms with Gasteiger partial charge in [0, 0.05) is 5.39 Å². The van der Waals surface area contributed by atoms with Crippen molar-refractivity contribution in [3.63, 3.8) is 0 Å². The van der Waals surface area contributed by atoms with Gasteiger partial charge in [0.2, 0.25) is 0 Å². The van der Waals surface area contributed by atoms with Gasteiger partial charge in [0.25, 0.3) is 0 Å². The van der Waals surface area contributed by atoms with E-state index in [2.05, 4.69) is 15.4 Å². The largest absolute Gasteiger partial charge is 1.00 e. The number of azo groups is 1. The number of aromatic carboxylic acids is 1. The molecule has 3 aromatic carbocycles. The molecule has 0 aliphatic heterocycles. The number of rotatable bonds is 4. The Kier molecular flexibility index (Phi) is 5.92. The summed E-state index contributed by atoms with van der Waals surface area (Å²) in [4.78, 5) is 22.2. The van der Waals surface area contributed by atoms with Crippen molar-refractivity contribution in [2.24, 2.45) is 15.4 Å². The molecule has 3 aromatic rings. The van der Waals surface area contributed by atoms with Crippen LogP contribution in [0.2, 0.25) is 0 Å². The van der Waals surface area contributed by atoms with E-state index in [4.69, 9.17) is 5.11 Å². The molecule has 0 amide bonds. The van der Waals surface area contributed by atoms with E-state index in [0.717, 1.165) is 10.8 Å². The summed E-state index contributed by atoms with van der Waals surface area (Å²) < 4.78 is 0. The molecular weight excluding hydrogens is 317 g/mol. The molecule has 7 heteroatoms. The second-order valence-corrected chi connectivity index (χ2v) is 4.77. The molecule has 0 spiro atoms. The van der Waals surface area contributed by atoms with Crippen LogP contribution >= 0.6 is 0 Å². The molecule has 0 radical (unpaired) electrons. The summed E-state index contributed by atoms with van der Waals surface area (Å²) >= 11 is 0. The minimum absolute atomic E-state index is 0. The fourth-order valence-electron chi connectivity index (χ4n) is 2.27. The molecule has 1 N–H and O–H groups in total. The van der Waals surface area contributed by atoms with Crippen LogP contribution in [0.4, 0.5) is 17.1 Å². The number of hydrogen-bond donors (Lipinski definition) is 1. The van der Waals surface area contributed by atoms with Crippen LogP contribution in [0.5, 0.6) is 0 Å². The van der Waals surface area contributed by atoms with Crippen LogP contribution < -0.4 is 29.6 Å². The Hall–Kier alpha value is -2.41. The van der Waals surface area contributed by atoms with Crippen molar-refractivity contribution < 1.29 is 39.5 Å². The van der Waals surface area contributed by atoms with Gasteiger partial charge >= 0.3 is 35.5 Å². The Labute approximate surface area is 159 Å². The van der Waals surface area contributed by atoms with E-state index in [1.165, 1.54) is 6.07 Å². The fourth-order valence-corrected chi connectivity index (χ4v) is 2.27. The molecule has 112 valence electrons. The van der Waals surface area contributed by atoms with E-state index in [9.17, 15) is 9.70 Å². The van der Waals surface area contributed by atoms with Crippen molar-refractivity contribution in [3.8, 4) is 0 Å². The molecule has 0 bridgehead atoms. The fraction of sp³-hybridized carbons (Fsp3) is 0. The first-order valence-electron chi connectivity index (χ1n) is 6.80. The van der Waals surface area contributed by atoms with Gasteiger partial charge in [-0.1, -0.05) is 42.5 Å². The molecule has 0 heterocycles. The average Bonchev–Trinajstić information content (AvgIpc) is 2.59. The molecule has 0 aromatic heterocycles. The minimum Gasteiger partial charge on any atom is -0.478 e. The van der Waals surface area contributed by atoms with Crippen molar-refractivity contribution in [2.75, 3.05) is 0 Å². The van der Waals surface area contributed by atoms with Gasteiger partial charge in [-0.3, -0.25) is 0 Å². The number of carboxylic acid groups (broad SMARTS) is 1. The average molecular weight is 328 g/mol. The number of hydrogen-bond acceptors (Lipinski definition) is 5. The predicted molar refractivity (Wildman–Crippen MR) is 87.0 cm³/mol. The van der Waals surface area contributed by atoms with Gasteiger partial charge in [-0.2, -0.15) is 0 Å². The summed E-state index contributed by atoms with van der Waals surface area (Å²) in [5, 5.41) is 21.8. The van der Waals surface area contributed by atoms with Gasteiger partial charge in [-0.15, -0.1) is 15.1 Å². The number of nitroso groups, excluding NO2 is 1. The third-order valence-electron chi connectivity index (χ3n) is 3.37. The third-order valence-corrected chi connectivity index (χ3v) is 3.37. The minimum atomic E-state index is -1.09. The van der Waals surface area contributed by atoms with Gasteiger partial charge in [0.15, 0.2) is 0 Å². The van der Waals surface area contributed by atoms with Crippen molar-refractivity contribution in [1.29, 1.82) is 0 Å². The maximum atomic E-state index is 11.2. The molecule has 0 aliphatic rings. The maximum absolute atomic E-state index is 11.2. The van der Waals surface area contributed by atoms with Gasteiger partial charge < -0.3 is 5.11 Å². The van der Waals surface area contributed by atoms with Crippen LogP contribution in [-0.2, 0) is 0 Å². The third kappa shape index (κ3) is 3.56. The summed E-state index contributed by atoms with van der Waals surface area (Å²) in [6, 6.07) is 17.0. The first-order valence-corrected chi connectivity index (χ1v) is 6.80. The second-order valence-electron chi connectivity index (χ2n) is 4.77. The van der Waals surface area contributed by atoms with Crippen LogP contribution in [0.3, 0.4) is 0 Å². The van der Waals surface area contributed by atoms with Gasteiger partial charge in [-0.25, -0.2) is 4.79 Å². The van der Waals surface area contributed by atoms with E-state index in [0.29, 0.717) is 5.69 Å². The van der Waals surface area contributed by atoms with Crippen LogP contribution in [0.15, 0.2) is 76.1 Å². The SMILES string of the molecule is O=Nc1ccc2ccccc2c1N=Nc1ccccc1C(=O)O.[Na+]. The number of carboxylic acids is 1. The molecule has 3 rings (SSSR count). The van der Waals surface area contributed by atoms with E-state index < -0.39 is 5.97 Å². The number of benzene rings is 3. The number of carbonyl (C=O) groups is 1. The zero-order valence-electron chi connectivity index (χ0n) is 12.9. The maximum Gasteiger partial charge on any atom is 1.00 e. The van der Waals surface area contributed by atoms with Gasteiger partial charge in [-0.05, 0) is 28.8 Å². The van der Waals surface area contributed by atoms with E-state index >= 15 is 0 Å². The molecule has 0 atom stereocenters. The smallest absolute Gasteiger partial charge is 0.478 e. The first-order chi connectivity index (χ1) is 11.2. The first kappa shape index (κ1) is 17.9. The molecule has 0 saturated carbocycles. The molecule has 24 heavy (non-hydrogen) atoms. The van der Waals surface area contributed by atoms with Crippen LogP contribution in [0.25, 0.3) is 10.8 Å². The van der Waals surface area contributed by atoms with Crippen LogP contribution in [-0.4, -0.2) is 11.1 Å². The summed E-state index contributed by atoms with van der Waals surface area (Å²) in [5.74, 6) is -1.09. The van der Waals surface area contributed by atoms with E-state index in [1.807, 2.05) is 24.3 Å². The molecule has 0 unspecified atom stereocenters. The van der Waals surface area contributed by atoms with Crippen molar-refractivity contribution >= 4 is 33.8 Å². The molecule has 0 fully saturated rings. The predicted octanol–water partition coefficient (Wildman–Crippen LogP) is 2.36. The molecule has 6 nitrogen and oxygen atoms in total. The summed E-state index contributed by atoms with van der Waals surface area (Å²) in [6.45, 7) is 0. The summed E-state index contributed by atoms with van der Waals surface area (Å²) in [5.41, 5.74) is 0.723. The van der Waals surface area contributed by atoms with Gasteiger partial charge in [0.05, 0.1) is 5.56 Å². The van der Waals surface area contributed by atoms with Crippen molar-refractivity contribution in [1.82, 2.24) is 0 Å². The van der Waals surface area contributed by atoms with Crippen LogP contribution in [0, 0.1) is 4.91 Å². The van der Waals surface area contributed by atoms with E-state index in [1.54, 1.807) is 30.3 Å². The quantitative estimate of drug-likeness (QED) is 0.453. The number of nitrogens with zero attached hydrogens (tertiary/aromatic N) is 3. The Balaban J connectivity index is 0.00000208. The zero-order chi connectivity index (χ0) is 16.2. The van der Waals surface area contributed by atoms with Crippen LogP contribution in [0.1, 0.15) is 10.4 Å². The zero-order valence-corrected chi connectivity index (χ0v) is 14.9. The Morgan fingerprint density at radius 3 is 2.29 bits per heavy atom. The monoisotopic (exact) mass is 328 g/mol. The second kappa shape index (κ2) is 7.92. The summed E-state index contributed by atoms with van der Waals surface area (Å²) in [6.07, 6.45) is 0. The van der Waals surface area contributed by atoms with Crippen molar-refractivity contribution in [2.45, 2.75) is 0 Å². The standard InChI is InChI=1S/C17H11N3O3.Na/c21-17(22)13-7-3-4-8-14(13)18-19-16-12-6-2-1-5-11(12)9-10-15(16)20-23;/h1-10H,(H,21,22);/q;+1. The normalized spacial score (nSPS) is 10.5. The Morgan fingerprint density at radius 1 is 0.833 bits per heavy atom. The van der Waals surface area contributed by atoms with Gasteiger partial charge in [0.1, 0.15) is 17.1 Å². The van der Waals surface area contributed by atoms with Crippen molar-refractivity contribution in [3.05, 3.63) is 71.1 Å². The summed E-state index contributed by atoms with van der Waals surface area (Å²) in [7, 11) is 0. The molecule has 0 saturated heterocycles. The molecular formula is C17H11N3NaO3+. The Morgan fingerprint density at radius 2 is 1.54 bits per heavy atom. The van der Waals surface area contributed by atoms with E-state index in [-0.39, 0.29) is 46.5 Å². The Bertz CT molecular complexity index is 941. The topological polar surface area (TPSA) is 91.5 Å². The number of fused-ring (bicyclic) bond motifs is 1.